The number of methoxy groups -OCH3 is 1. The van der Waals surface area contributed by atoms with Crippen LogP contribution in [0.4, 0.5) is 0 Å². The molecule has 0 radical (unpaired) electrons. The van der Waals surface area contributed by atoms with Crippen LogP contribution >= 0.6 is 24.0 Å². The first kappa shape index (κ1) is 23.9. The summed E-state index contributed by atoms with van der Waals surface area (Å²) in [5, 5.41) is 6.68. The number of hydrogen-bond acceptors (Lipinski definition) is 4. The molecular weight excluding hydrogens is 421 g/mol. The van der Waals surface area contributed by atoms with Crippen molar-refractivity contribution < 1.29 is 14.2 Å². The number of rotatable bonds is 14. The van der Waals surface area contributed by atoms with Crippen LogP contribution in [0.1, 0.15) is 39.5 Å². The summed E-state index contributed by atoms with van der Waals surface area (Å²) < 4.78 is 15.9. The van der Waals surface area contributed by atoms with Crippen molar-refractivity contribution in [2.75, 3.05) is 59.8 Å². The molecule has 144 valence electrons. The summed E-state index contributed by atoms with van der Waals surface area (Å²) in [6.45, 7) is 10.5. The molecule has 0 bridgehead atoms. The minimum absolute atomic E-state index is 0. The predicted octanol–water partition coefficient (Wildman–Crippen LogP) is 2.42. The smallest absolute Gasteiger partial charge is 0.191 e. The average Bonchev–Trinajstić information content (AvgIpc) is 3.32. The molecule has 0 saturated heterocycles. The Labute approximate surface area is 164 Å². The van der Waals surface area contributed by atoms with Crippen LogP contribution in [0.25, 0.3) is 0 Å². The van der Waals surface area contributed by atoms with E-state index in [1.807, 2.05) is 6.92 Å². The maximum Gasteiger partial charge on any atom is 0.191 e. The highest BCUT2D eigenvalue weighted by atomic mass is 127. The third kappa shape index (κ3) is 11.4. The molecule has 6 nitrogen and oxygen atoms in total. The molecule has 0 aliphatic heterocycles. The van der Waals surface area contributed by atoms with Crippen molar-refractivity contribution in [1.29, 1.82) is 0 Å². The molecule has 0 atom stereocenters. The van der Waals surface area contributed by atoms with Crippen LogP contribution in [0.3, 0.4) is 0 Å². The number of nitrogens with zero attached hydrogens (tertiary/aromatic N) is 1. The number of halogens is 1. The van der Waals surface area contributed by atoms with Crippen LogP contribution < -0.4 is 10.6 Å². The summed E-state index contributed by atoms with van der Waals surface area (Å²) in [7, 11) is 1.69. The van der Waals surface area contributed by atoms with E-state index in [1.54, 1.807) is 7.11 Å². The van der Waals surface area contributed by atoms with Gasteiger partial charge in [0.25, 0.3) is 0 Å². The number of nitrogens with one attached hydrogen (secondary N) is 2. The summed E-state index contributed by atoms with van der Waals surface area (Å²) in [6, 6.07) is 0. The summed E-state index contributed by atoms with van der Waals surface area (Å²) in [4.78, 5) is 4.75. The minimum Gasteiger partial charge on any atom is -0.382 e. The van der Waals surface area contributed by atoms with Gasteiger partial charge in [-0.2, -0.15) is 0 Å². The monoisotopic (exact) mass is 457 g/mol. The van der Waals surface area contributed by atoms with Gasteiger partial charge in [0, 0.05) is 46.6 Å². The van der Waals surface area contributed by atoms with E-state index in [4.69, 9.17) is 19.2 Å². The first-order valence-corrected chi connectivity index (χ1v) is 8.93. The summed E-state index contributed by atoms with van der Waals surface area (Å²) >= 11 is 0. The minimum atomic E-state index is 0. The van der Waals surface area contributed by atoms with E-state index in [2.05, 4.69) is 17.6 Å². The number of aliphatic imine (C=N–C) groups is 1. The second-order valence-electron chi connectivity index (χ2n) is 6.03. The van der Waals surface area contributed by atoms with Crippen LogP contribution in [0.15, 0.2) is 4.99 Å². The SMILES string of the molecule is CCNC(=NCC1(CCOCC)CC1)NCCCOCCOC.I. The lowest BCUT2D eigenvalue weighted by Crippen LogP contribution is -2.38. The zero-order chi connectivity index (χ0) is 16.8. The van der Waals surface area contributed by atoms with Gasteiger partial charge in [0.15, 0.2) is 5.96 Å². The molecule has 0 heterocycles. The molecule has 2 N–H and O–H groups in total. The largest absolute Gasteiger partial charge is 0.382 e. The zero-order valence-corrected chi connectivity index (χ0v) is 17.9. The molecule has 0 aromatic heterocycles. The van der Waals surface area contributed by atoms with Gasteiger partial charge in [0.2, 0.25) is 0 Å². The molecular formula is C17H36IN3O3. The van der Waals surface area contributed by atoms with Crippen molar-refractivity contribution >= 4 is 29.9 Å². The van der Waals surface area contributed by atoms with Crippen LogP contribution in [0.2, 0.25) is 0 Å². The van der Waals surface area contributed by atoms with Crippen molar-refractivity contribution in [2.45, 2.75) is 39.5 Å². The molecule has 0 aromatic carbocycles. The number of ether oxygens (including phenoxy) is 3. The Morgan fingerprint density at radius 1 is 1.04 bits per heavy atom. The van der Waals surface area contributed by atoms with E-state index in [-0.39, 0.29) is 24.0 Å². The predicted molar refractivity (Wildman–Crippen MR) is 109 cm³/mol. The third-order valence-corrected chi connectivity index (χ3v) is 4.04. The standard InChI is InChI=1S/C17H35N3O3.HI/c1-4-18-16(19-10-6-11-23-14-13-21-3)20-15-17(7-8-17)9-12-22-5-2;/h4-15H2,1-3H3,(H2,18,19,20);1H. The van der Waals surface area contributed by atoms with Crippen LogP contribution in [0, 0.1) is 5.41 Å². The Morgan fingerprint density at radius 3 is 2.46 bits per heavy atom. The fraction of sp³-hybridized carbons (Fsp3) is 0.941. The summed E-state index contributed by atoms with van der Waals surface area (Å²) in [5.41, 5.74) is 0.390. The Kier molecular flexibility index (Phi) is 15.1. The highest BCUT2D eigenvalue weighted by molar-refractivity contribution is 14.0. The highest BCUT2D eigenvalue weighted by Gasteiger charge is 2.41. The summed E-state index contributed by atoms with van der Waals surface area (Å²) in [6.07, 6.45) is 4.63. The molecule has 1 fully saturated rings. The van der Waals surface area contributed by atoms with Crippen molar-refractivity contribution in [2.24, 2.45) is 10.4 Å². The fourth-order valence-corrected chi connectivity index (χ4v) is 2.31. The van der Waals surface area contributed by atoms with Gasteiger partial charge in [-0.05, 0) is 44.9 Å². The van der Waals surface area contributed by atoms with E-state index >= 15 is 0 Å². The molecule has 1 rings (SSSR count). The van der Waals surface area contributed by atoms with Gasteiger partial charge in [-0.25, -0.2) is 0 Å². The van der Waals surface area contributed by atoms with Crippen LogP contribution in [-0.4, -0.2) is 65.7 Å². The van der Waals surface area contributed by atoms with Crippen molar-refractivity contribution in [3.05, 3.63) is 0 Å². The van der Waals surface area contributed by atoms with E-state index in [1.165, 1.54) is 12.8 Å². The normalized spacial score (nSPS) is 15.7. The average molecular weight is 457 g/mol. The zero-order valence-electron chi connectivity index (χ0n) is 15.6. The van der Waals surface area contributed by atoms with E-state index in [9.17, 15) is 0 Å². The molecule has 0 amide bonds. The molecule has 0 spiro atoms. The molecule has 1 aliphatic carbocycles. The number of hydrogen-bond donors (Lipinski definition) is 2. The van der Waals surface area contributed by atoms with Gasteiger partial charge in [-0.3, -0.25) is 4.99 Å². The molecule has 0 aromatic rings. The quantitative estimate of drug-likeness (QED) is 0.182. The number of guanidine groups is 1. The van der Waals surface area contributed by atoms with Gasteiger partial charge in [-0.1, -0.05) is 0 Å². The fourth-order valence-electron chi connectivity index (χ4n) is 2.31. The van der Waals surface area contributed by atoms with Crippen LogP contribution in [-0.2, 0) is 14.2 Å². The van der Waals surface area contributed by atoms with Crippen molar-refractivity contribution in [3.63, 3.8) is 0 Å². The van der Waals surface area contributed by atoms with Crippen molar-refractivity contribution in [3.8, 4) is 0 Å². The van der Waals surface area contributed by atoms with Crippen LogP contribution in [0.5, 0.6) is 0 Å². The van der Waals surface area contributed by atoms with Gasteiger partial charge < -0.3 is 24.8 Å². The Bertz CT molecular complexity index is 326. The van der Waals surface area contributed by atoms with Gasteiger partial charge in [0.05, 0.1) is 13.2 Å². The van der Waals surface area contributed by atoms with Gasteiger partial charge in [-0.15, -0.1) is 24.0 Å². The lowest BCUT2D eigenvalue weighted by molar-refractivity contribution is 0.0698. The second kappa shape index (κ2) is 15.2. The molecule has 24 heavy (non-hydrogen) atoms. The third-order valence-electron chi connectivity index (χ3n) is 4.04. The van der Waals surface area contributed by atoms with E-state index < -0.39 is 0 Å². The van der Waals surface area contributed by atoms with Crippen molar-refractivity contribution in [1.82, 2.24) is 10.6 Å². The molecule has 7 heteroatoms. The lowest BCUT2D eigenvalue weighted by atomic mass is 10.0. The highest BCUT2D eigenvalue weighted by Crippen LogP contribution is 2.48. The Balaban J connectivity index is 0.00000529. The Morgan fingerprint density at radius 2 is 1.83 bits per heavy atom. The Hall–Kier alpha value is -0.120. The van der Waals surface area contributed by atoms with Gasteiger partial charge >= 0.3 is 0 Å². The maximum atomic E-state index is 5.48. The van der Waals surface area contributed by atoms with E-state index in [0.29, 0.717) is 18.6 Å². The lowest BCUT2D eigenvalue weighted by Gasteiger charge is -2.15. The van der Waals surface area contributed by atoms with Gasteiger partial charge in [0.1, 0.15) is 0 Å². The topological polar surface area (TPSA) is 64.1 Å². The first-order chi connectivity index (χ1) is 11.3. The second-order valence-corrected chi connectivity index (χ2v) is 6.03. The first-order valence-electron chi connectivity index (χ1n) is 8.93. The molecule has 1 aliphatic rings. The summed E-state index contributed by atoms with van der Waals surface area (Å²) in [5.74, 6) is 0.909. The van der Waals surface area contributed by atoms with E-state index in [0.717, 1.165) is 58.3 Å². The molecule has 1 saturated carbocycles. The molecule has 0 unspecified atom stereocenters. The maximum absolute atomic E-state index is 5.48.